The second kappa shape index (κ2) is 6.38. The lowest BCUT2D eigenvalue weighted by molar-refractivity contribution is -0.144. The van der Waals surface area contributed by atoms with Gasteiger partial charge >= 0.3 is 11.9 Å². The maximum atomic E-state index is 12.0. The number of ether oxygens (including phenoxy) is 2. The van der Waals surface area contributed by atoms with Crippen molar-refractivity contribution < 1.29 is 23.9 Å². The van der Waals surface area contributed by atoms with Crippen molar-refractivity contribution in [3.05, 3.63) is 18.0 Å². The fourth-order valence-electron chi connectivity index (χ4n) is 1.19. The van der Waals surface area contributed by atoms with Gasteiger partial charge in [0.15, 0.2) is 0 Å². The number of methoxy groups -OCH3 is 2. The number of esters is 2. The van der Waals surface area contributed by atoms with Crippen LogP contribution in [0.1, 0.15) is 10.4 Å². The summed E-state index contributed by atoms with van der Waals surface area (Å²) in [4.78, 5) is 35.3. The molecular formula is C10H13N3O5. The molecule has 1 aromatic rings. The average Bonchev–Trinajstić information content (AvgIpc) is 2.90. The zero-order valence-electron chi connectivity index (χ0n) is 10.0. The lowest BCUT2D eigenvalue weighted by atomic mass is 10.3. The molecule has 0 bridgehead atoms. The molecule has 8 nitrogen and oxygen atoms in total. The fraction of sp³-hybridized carbons (Fsp3) is 0.400. The predicted octanol–water partition coefficient (Wildman–Crippen LogP) is -0.802. The summed E-state index contributed by atoms with van der Waals surface area (Å²) in [6.07, 6.45) is 2.66. The normalized spacial score (nSPS) is 9.67. The summed E-state index contributed by atoms with van der Waals surface area (Å²) in [5, 5.41) is 6.09. The third kappa shape index (κ3) is 3.58. The first kappa shape index (κ1) is 13.7. The van der Waals surface area contributed by atoms with Gasteiger partial charge in [-0.25, -0.2) is 0 Å². The Morgan fingerprint density at radius 1 is 1.22 bits per heavy atom. The van der Waals surface area contributed by atoms with Gasteiger partial charge in [0.2, 0.25) is 0 Å². The number of aromatic nitrogens is 2. The molecule has 0 fully saturated rings. The van der Waals surface area contributed by atoms with Crippen LogP contribution in [0.4, 0.5) is 0 Å². The van der Waals surface area contributed by atoms with Gasteiger partial charge in [0.05, 0.1) is 26.0 Å². The van der Waals surface area contributed by atoms with E-state index in [0.29, 0.717) is 0 Å². The number of nitrogens with zero attached hydrogens (tertiary/aromatic N) is 2. The van der Waals surface area contributed by atoms with E-state index in [4.69, 9.17) is 0 Å². The molecule has 0 saturated heterocycles. The lowest BCUT2D eigenvalue weighted by Crippen LogP contribution is -2.40. The summed E-state index contributed by atoms with van der Waals surface area (Å²) in [5.41, 5.74) is 0.239. The highest BCUT2D eigenvalue weighted by molar-refractivity contribution is 5.97. The molecule has 0 aromatic carbocycles. The first-order chi connectivity index (χ1) is 8.58. The Labute approximate surface area is 103 Å². The van der Waals surface area contributed by atoms with Gasteiger partial charge in [-0.15, -0.1) is 0 Å². The van der Waals surface area contributed by atoms with Crippen LogP contribution in [0.15, 0.2) is 12.4 Å². The molecule has 0 atom stereocenters. The monoisotopic (exact) mass is 255 g/mol. The molecule has 0 unspecified atom stereocenters. The molecule has 0 saturated carbocycles. The number of rotatable bonds is 5. The maximum absolute atomic E-state index is 12.0. The number of aromatic amines is 1. The van der Waals surface area contributed by atoms with E-state index in [1.165, 1.54) is 26.6 Å². The van der Waals surface area contributed by atoms with Gasteiger partial charge in [0, 0.05) is 6.20 Å². The molecule has 1 rings (SSSR count). The van der Waals surface area contributed by atoms with E-state index in [-0.39, 0.29) is 18.7 Å². The zero-order valence-corrected chi connectivity index (χ0v) is 10.0. The van der Waals surface area contributed by atoms with E-state index in [1.54, 1.807) is 0 Å². The lowest BCUT2D eigenvalue weighted by Gasteiger charge is -2.19. The molecule has 0 aliphatic heterocycles. The Kier molecular flexibility index (Phi) is 4.85. The number of H-pyrrole nitrogens is 1. The standard InChI is InChI=1S/C10H13N3O5/c1-17-8(14)5-13(6-9(15)18-2)10(16)7-3-11-12-4-7/h3-4H,5-6H2,1-2H3,(H,11,12). The van der Waals surface area contributed by atoms with Crippen LogP contribution < -0.4 is 0 Å². The highest BCUT2D eigenvalue weighted by Crippen LogP contribution is 2.03. The van der Waals surface area contributed by atoms with Crippen molar-refractivity contribution in [2.45, 2.75) is 0 Å². The van der Waals surface area contributed by atoms with Crippen molar-refractivity contribution >= 4 is 17.8 Å². The second-order valence-corrected chi connectivity index (χ2v) is 3.30. The van der Waals surface area contributed by atoms with Crippen LogP contribution in [-0.2, 0) is 19.1 Å². The summed E-state index contributed by atoms with van der Waals surface area (Å²) in [5.74, 6) is -1.77. The first-order valence-corrected chi connectivity index (χ1v) is 5.00. The van der Waals surface area contributed by atoms with Crippen molar-refractivity contribution in [1.29, 1.82) is 0 Å². The van der Waals surface area contributed by atoms with Gasteiger partial charge in [0.25, 0.3) is 5.91 Å². The Morgan fingerprint density at radius 2 is 1.78 bits per heavy atom. The number of carbonyl (C=O) groups excluding carboxylic acids is 3. The first-order valence-electron chi connectivity index (χ1n) is 5.00. The average molecular weight is 255 g/mol. The van der Waals surface area contributed by atoms with Crippen LogP contribution in [0.5, 0.6) is 0 Å². The van der Waals surface area contributed by atoms with Crippen molar-refractivity contribution in [2.75, 3.05) is 27.3 Å². The quantitative estimate of drug-likeness (QED) is 0.691. The van der Waals surface area contributed by atoms with Gasteiger partial charge in [-0.1, -0.05) is 0 Å². The van der Waals surface area contributed by atoms with Crippen molar-refractivity contribution in [3.63, 3.8) is 0 Å². The van der Waals surface area contributed by atoms with Crippen molar-refractivity contribution in [3.8, 4) is 0 Å². The highest BCUT2D eigenvalue weighted by Gasteiger charge is 2.22. The molecule has 18 heavy (non-hydrogen) atoms. The summed E-state index contributed by atoms with van der Waals surface area (Å²) < 4.78 is 8.91. The Balaban J connectivity index is 2.79. The van der Waals surface area contributed by atoms with Crippen LogP contribution in [0.25, 0.3) is 0 Å². The van der Waals surface area contributed by atoms with E-state index in [0.717, 1.165) is 4.90 Å². The van der Waals surface area contributed by atoms with E-state index >= 15 is 0 Å². The van der Waals surface area contributed by atoms with Crippen LogP contribution in [0.2, 0.25) is 0 Å². The minimum Gasteiger partial charge on any atom is -0.468 e. The number of hydrogen-bond acceptors (Lipinski definition) is 6. The third-order valence-electron chi connectivity index (χ3n) is 2.13. The molecule has 8 heteroatoms. The summed E-state index contributed by atoms with van der Waals surface area (Å²) in [6.45, 7) is -0.675. The highest BCUT2D eigenvalue weighted by atomic mass is 16.5. The predicted molar refractivity (Wildman–Crippen MR) is 58.5 cm³/mol. The summed E-state index contributed by atoms with van der Waals surface area (Å²) in [7, 11) is 2.39. The second-order valence-electron chi connectivity index (χ2n) is 3.30. The van der Waals surface area contributed by atoms with Crippen LogP contribution >= 0.6 is 0 Å². The van der Waals surface area contributed by atoms with Gasteiger partial charge in [0.1, 0.15) is 13.1 Å². The van der Waals surface area contributed by atoms with Crippen LogP contribution in [0, 0.1) is 0 Å². The van der Waals surface area contributed by atoms with Crippen LogP contribution in [0.3, 0.4) is 0 Å². The molecule has 1 N–H and O–H groups in total. The zero-order chi connectivity index (χ0) is 13.5. The molecule has 0 radical (unpaired) electrons. The van der Waals surface area contributed by atoms with E-state index in [9.17, 15) is 14.4 Å². The maximum Gasteiger partial charge on any atom is 0.325 e. The molecule has 0 spiro atoms. The molecule has 98 valence electrons. The third-order valence-corrected chi connectivity index (χ3v) is 2.13. The minimum absolute atomic E-state index is 0.239. The van der Waals surface area contributed by atoms with Crippen molar-refractivity contribution in [1.82, 2.24) is 15.1 Å². The van der Waals surface area contributed by atoms with Crippen LogP contribution in [-0.4, -0.2) is 60.3 Å². The fourth-order valence-corrected chi connectivity index (χ4v) is 1.19. The topological polar surface area (TPSA) is 102 Å². The number of hydrogen-bond donors (Lipinski definition) is 1. The Hall–Kier alpha value is -2.38. The minimum atomic E-state index is -0.629. The van der Waals surface area contributed by atoms with Gasteiger partial charge < -0.3 is 14.4 Å². The van der Waals surface area contributed by atoms with E-state index < -0.39 is 17.8 Å². The SMILES string of the molecule is COC(=O)CN(CC(=O)OC)C(=O)c1cn[nH]c1. The molecule has 0 aliphatic rings. The Morgan fingerprint density at radius 3 is 2.17 bits per heavy atom. The molecule has 0 aliphatic carbocycles. The summed E-state index contributed by atoms with van der Waals surface area (Å²) in [6, 6.07) is 0. The number of amides is 1. The van der Waals surface area contributed by atoms with Crippen molar-refractivity contribution in [2.24, 2.45) is 0 Å². The van der Waals surface area contributed by atoms with E-state index in [1.807, 2.05) is 0 Å². The smallest absolute Gasteiger partial charge is 0.325 e. The van der Waals surface area contributed by atoms with Gasteiger partial charge in [-0.3, -0.25) is 19.5 Å². The molecule has 1 amide bonds. The Bertz CT molecular complexity index is 411. The molecular weight excluding hydrogens is 242 g/mol. The number of carbonyl (C=O) groups is 3. The molecule has 1 heterocycles. The van der Waals surface area contributed by atoms with Gasteiger partial charge in [-0.05, 0) is 0 Å². The van der Waals surface area contributed by atoms with E-state index in [2.05, 4.69) is 19.7 Å². The molecule has 1 aromatic heterocycles. The largest absolute Gasteiger partial charge is 0.468 e. The van der Waals surface area contributed by atoms with Gasteiger partial charge in [-0.2, -0.15) is 5.10 Å². The summed E-state index contributed by atoms with van der Waals surface area (Å²) >= 11 is 0. The number of nitrogens with one attached hydrogen (secondary N) is 1.